The smallest absolute Gasteiger partial charge is 0.251 e. The highest BCUT2D eigenvalue weighted by atomic mass is 16.1. The van der Waals surface area contributed by atoms with E-state index in [0.29, 0.717) is 12.0 Å². The van der Waals surface area contributed by atoms with E-state index in [4.69, 9.17) is 0 Å². The third-order valence-corrected chi connectivity index (χ3v) is 4.77. The van der Waals surface area contributed by atoms with Crippen LogP contribution in [0, 0.1) is 5.92 Å². The molecule has 1 atom stereocenters. The molecule has 1 amide bonds. The van der Waals surface area contributed by atoms with Crippen LogP contribution in [-0.4, -0.2) is 18.5 Å². The molecule has 1 fully saturated rings. The molecule has 3 heteroatoms. The zero-order chi connectivity index (χ0) is 13.9. The second kappa shape index (κ2) is 5.86. The Hall–Kier alpha value is -1.51. The standard InChI is InChI=1S/C17H24N2O/c1-12(13-5-2-3-6-13)19-17(20)15-8-9-16-14(11-15)7-4-10-18-16/h8-9,11-13,18H,2-7,10H2,1H3,(H,19,20). The normalized spacial score (nSPS) is 20.1. The number of carbonyl (C=O) groups excluding carboxylic acids is 1. The molecule has 1 saturated carbocycles. The van der Waals surface area contributed by atoms with Crippen LogP contribution in [0.3, 0.4) is 0 Å². The number of aryl methyl sites for hydroxylation is 1. The molecule has 1 unspecified atom stereocenters. The number of rotatable bonds is 3. The molecule has 1 aliphatic carbocycles. The van der Waals surface area contributed by atoms with Gasteiger partial charge in [0, 0.05) is 23.8 Å². The first kappa shape index (κ1) is 13.5. The Kier molecular flexibility index (Phi) is 3.95. The maximum Gasteiger partial charge on any atom is 0.251 e. The second-order valence-corrected chi connectivity index (χ2v) is 6.21. The Labute approximate surface area is 121 Å². The minimum atomic E-state index is 0.0813. The zero-order valence-electron chi connectivity index (χ0n) is 12.2. The fraction of sp³-hybridized carbons (Fsp3) is 0.588. The van der Waals surface area contributed by atoms with Crippen molar-refractivity contribution in [2.45, 2.75) is 51.5 Å². The van der Waals surface area contributed by atoms with Gasteiger partial charge in [-0.3, -0.25) is 4.79 Å². The predicted molar refractivity (Wildman–Crippen MR) is 82.1 cm³/mol. The van der Waals surface area contributed by atoms with Gasteiger partial charge in [-0.1, -0.05) is 12.8 Å². The van der Waals surface area contributed by atoms with Crippen LogP contribution in [0.5, 0.6) is 0 Å². The number of nitrogens with one attached hydrogen (secondary N) is 2. The number of fused-ring (bicyclic) bond motifs is 1. The van der Waals surface area contributed by atoms with Gasteiger partial charge in [-0.05, 0) is 62.3 Å². The van der Waals surface area contributed by atoms with E-state index < -0.39 is 0 Å². The van der Waals surface area contributed by atoms with E-state index >= 15 is 0 Å². The second-order valence-electron chi connectivity index (χ2n) is 6.21. The number of benzene rings is 1. The summed E-state index contributed by atoms with van der Waals surface area (Å²) < 4.78 is 0. The van der Waals surface area contributed by atoms with Crippen LogP contribution >= 0.6 is 0 Å². The van der Waals surface area contributed by atoms with Crippen molar-refractivity contribution in [1.29, 1.82) is 0 Å². The largest absolute Gasteiger partial charge is 0.385 e. The van der Waals surface area contributed by atoms with E-state index in [2.05, 4.69) is 23.6 Å². The van der Waals surface area contributed by atoms with E-state index in [1.54, 1.807) is 0 Å². The van der Waals surface area contributed by atoms with Gasteiger partial charge in [0.25, 0.3) is 5.91 Å². The number of hydrogen-bond donors (Lipinski definition) is 2. The third kappa shape index (κ3) is 2.82. The van der Waals surface area contributed by atoms with Gasteiger partial charge in [0.15, 0.2) is 0 Å². The molecule has 20 heavy (non-hydrogen) atoms. The van der Waals surface area contributed by atoms with Crippen molar-refractivity contribution < 1.29 is 4.79 Å². The van der Waals surface area contributed by atoms with Gasteiger partial charge in [0.2, 0.25) is 0 Å². The molecule has 0 radical (unpaired) electrons. The first-order valence-electron chi connectivity index (χ1n) is 7.92. The predicted octanol–water partition coefficient (Wildman–Crippen LogP) is 3.35. The highest BCUT2D eigenvalue weighted by molar-refractivity contribution is 5.95. The first-order chi connectivity index (χ1) is 9.74. The van der Waals surface area contributed by atoms with Gasteiger partial charge in [0.1, 0.15) is 0 Å². The van der Waals surface area contributed by atoms with Gasteiger partial charge in [-0.15, -0.1) is 0 Å². The van der Waals surface area contributed by atoms with Crippen molar-refractivity contribution in [3.8, 4) is 0 Å². The molecule has 1 aromatic rings. The average Bonchev–Trinajstić information content (AvgIpc) is 3.01. The minimum absolute atomic E-state index is 0.0813. The summed E-state index contributed by atoms with van der Waals surface area (Å²) in [5.74, 6) is 0.746. The highest BCUT2D eigenvalue weighted by Crippen LogP contribution is 2.28. The van der Waals surface area contributed by atoms with Gasteiger partial charge in [-0.25, -0.2) is 0 Å². The lowest BCUT2D eigenvalue weighted by Crippen LogP contribution is -2.37. The lowest BCUT2D eigenvalue weighted by atomic mass is 9.98. The van der Waals surface area contributed by atoms with Crippen LogP contribution < -0.4 is 10.6 Å². The molecule has 0 spiro atoms. The van der Waals surface area contributed by atoms with Crippen LogP contribution in [0.2, 0.25) is 0 Å². The van der Waals surface area contributed by atoms with E-state index in [1.165, 1.54) is 36.9 Å². The Morgan fingerprint density at radius 2 is 2.10 bits per heavy atom. The Bertz CT molecular complexity index is 492. The van der Waals surface area contributed by atoms with Crippen molar-refractivity contribution in [3.63, 3.8) is 0 Å². The molecule has 108 valence electrons. The molecule has 1 aliphatic heterocycles. The molecule has 1 heterocycles. The van der Waals surface area contributed by atoms with Crippen molar-refractivity contribution in [2.75, 3.05) is 11.9 Å². The number of amides is 1. The van der Waals surface area contributed by atoms with Gasteiger partial charge in [0.05, 0.1) is 0 Å². The molecule has 1 aromatic carbocycles. The quantitative estimate of drug-likeness (QED) is 0.886. The Morgan fingerprint density at radius 1 is 1.30 bits per heavy atom. The summed E-state index contributed by atoms with van der Waals surface area (Å²) in [6, 6.07) is 6.33. The van der Waals surface area contributed by atoms with Crippen molar-refractivity contribution in [2.24, 2.45) is 5.92 Å². The Balaban J connectivity index is 1.67. The summed E-state index contributed by atoms with van der Waals surface area (Å²) in [6.07, 6.45) is 7.37. The van der Waals surface area contributed by atoms with Crippen LogP contribution in [0.4, 0.5) is 5.69 Å². The summed E-state index contributed by atoms with van der Waals surface area (Å²) in [5, 5.41) is 6.57. The van der Waals surface area contributed by atoms with Crippen LogP contribution in [0.15, 0.2) is 18.2 Å². The molecule has 0 bridgehead atoms. The lowest BCUT2D eigenvalue weighted by Gasteiger charge is -2.22. The fourth-order valence-corrected chi connectivity index (χ4v) is 3.48. The number of carbonyl (C=O) groups is 1. The van der Waals surface area contributed by atoms with Gasteiger partial charge >= 0.3 is 0 Å². The summed E-state index contributed by atoms with van der Waals surface area (Å²) in [7, 11) is 0. The van der Waals surface area contributed by atoms with E-state index in [1.807, 2.05) is 12.1 Å². The van der Waals surface area contributed by atoms with Crippen LogP contribution in [0.1, 0.15) is 54.9 Å². The molecule has 2 aliphatic rings. The Morgan fingerprint density at radius 3 is 2.90 bits per heavy atom. The highest BCUT2D eigenvalue weighted by Gasteiger charge is 2.23. The molecule has 3 rings (SSSR count). The van der Waals surface area contributed by atoms with Crippen LogP contribution in [-0.2, 0) is 6.42 Å². The monoisotopic (exact) mass is 272 g/mol. The van der Waals surface area contributed by atoms with E-state index in [0.717, 1.165) is 24.9 Å². The van der Waals surface area contributed by atoms with Gasteiger partial charge in [-0.2, -0.15) is 0 Å². The molecular formula is C17H24N2O. The summed E-state index contributed by atoms with van der Waals surface area (Å²) in [5.41, 5.74) is 3.27. The number of anilines is 1. The maximum absolute atomic E-state index is 12.4. The summed E-state index contributed by atoms with van der Waals surface area (Å²) in [6.45, 7) is 3.19. The molecule has 0 saturated heterocycles. The van der Waals surface area contributed by atoms with Crippen molar-refractivity contribution in [1.82, 2.24) is 5.32 Å². The lowest BCUT2D eigenvalue weighted by molar-refractivity contribution is 0.0927. The molecule has 2 N–H and O–H groups in total. The van der Waals surface area contributed by atoms with Crippen molar-refractivity contribution >= 4 is 11.6 Å². The third-order valence-electron chi connectivity index (χ3n) is 4.77. The summed E-state index contributed by atoms with van der Waals surface area (Å²) >= 11 is 0. The first-order valence-corrected chi connectivity index (χ1v) is 7.92. The topological polar surface area (TPSA) is 41.1 Å². The fourth-order valence-electron chi connectivity index (χ4n) is 3.48. The molecule has 0 aromatic heterocycles. The number of hydrogen-bond acceptors (Lipinski definition) is 2. The molecular weight excluding hydrogens is 248 g/mol. The minimum Gasteiger partial charge on any atom is -0.385 e. The zero-order valence-corrected chi connectivity index (χ0v) is 12.2. The molecule has 3 nitrogen and oxygen atoms in total. The van der Waals surface area contributed by atoms with E-state index in [9.17, 15) is 4.79 Å². The van der Waals surface area contributed by atoms with E-state index in [-0.39, 0.29) is 5.91 Å². The van der Waals surface area contributed by atoms with Crippen molar-refractivity contribution in [3.05, 3.63) is 29.3 Å². The maximum atomic E-state index is 12.4. The van der Waals surface area contributed by atoms with Gasteiger partial charge < -0.3 is 10.6 Å². The SMILES string of the molecule is CC(NC(=O)c1ccc2c(c1)CCCN2)C1CCCC1. The summed E-state index contributed by atoms with van der Waals surface area (Å²) in [4.78, 5) is 12.4. The average molecular weight is 272 g/mol. The van der Waals surface area contributed by atoms with Crippen LogP contribution in [0.25, 0.3) is 0 Å².